The van der Waals surface area contributed by atoms with E-state index in [2.05, 4.69) is 25.3 Å². The average Bonchev–Trinajstić information content (AvgIpc) is 3.16. The van der Waals surface area contributed by atoms with Crippen molar-refractivity contribution in [2.24, 2.45) is 5.92 Å². The number of fused-ring (bicyclic) bond motifs is 1. The van der Waals surface area contributed by atoms with Crippen LogP contribution in [0.1, 0.15) is 18.4 Å². The maximum Gasteiger partial charge on any atom is 0.416 e. The Morgan fingerprint density at radius 1 is 1.25 bits per heavy atom. The van der Waals surface area contributed by atoms with E-state index < -0.39 is 11.7 Å². The molecule has 146 valence electrons. The molecule has 0 unspecified atom stereocenters. The van der Waals surface area contributed by atoms with Gasteiger partial charge in [0.2, 0.25) is 5.91 Å². The number of rotatable bonds is 3. The summed E-state index contributed by atoms with van der Waals surface area (Å²) < 4.78 is 38.6. The van der Waals surface area contributed by atoms with Gasteiger partial charge in [-0.1, -0.05) is 6.07 Å². The van der Waals surface area contributed by atoms with E-state index in [1.807, 2.05) is 4.90 Å². The number of imidazole rings is 1. The van der Waals surface area contributed by atoms with Crippen LogP contribution < -0.4 is 10.2 Å². The molecule has 1 fully saturated rings. The Hall–Kier alpha value is -3.17. The molecule has 1 saturated heterocycles. The number of benzene rings is 1. The third-order valence-corrected chi connectivity index (χ3v) is 4.75. The number of anilines is 2. The van der Waals surface area contributed by atoms with Crippen molar-refractivity contribution in [2.45, 2.75) is 19.0 Å². The van der Waals surface area contributed by atoms with E-state index >= 15 is 0 Å². The van der Waals surface area contributed by atoms with Crippen LogP contribution in [0, 0.1) is 5.92 Å². The lowest BCUT2D eigenvalue weighted by atomic mass is 9.97. The molecule has 0 aliphatic carbocycles. The molecule has 1 atom stereocenters. The van der Waals surface area contributed by atoms with E-state index in [0.29, 0.717) is 29.9 Å². The van der Waals surface area contributed by atoms with Crippen LogP contribution in [0.15, 0.2) is 36.9 Å². The van der Waals surface area contributed by atoms with Crippen LogP contribution in [0.3, 0.4) is 0 Å². The summed E-state index contributed by atoms with van der Waals surface area (Å²) in [6, 6.07) is 4.65. The van der Waals surface area contributed by atoms with Gasteiger partial charge >= 0.3 is 6.18 Å². The second-order valence-corrected chi connectivity index (χ2v) is 6.65. The summed E-state index contributed by atoms with van der Waals surface area (Å²) in [5, 5.41) is 2.61. The third-order valence-electron chi connectivity index (χ3n) is 4.75. The fraction of sp³-hybridized carbons (Fsp3) is 0.333. The second-order valence-electron chi connectivity index (χ2n) is 6.65. The predicted molar refractivity (Wildman–Crippen MR) is 96.7 cm³/mol. The molecule has 10 heteroatoms. The first-order chi connectivity index (χ1) is 13.4. The van der Waals surface area contributed by atoms with Gasteiger partial charge in [-0.25, -0.2) is 15.0 Å². The lowest BCUT2D eigenvalue weighted by Gasteiger charge is -2.32. The minimum Gasteiger partial charge on any atom is -0.354 e. The Morgan fingerprint density at radius 3 is 2.93 bits per heavy atom. The Kier molecular flexibility index (Phi) is 4.62. The van der Waals surface area contributed by atoms with Gasteiger partial charge in [-0.15, -0.1) is 0 Å². The zero-order chi connectivity index (χ0) is 19.7. The van der Waals surface area contributed by atoms with Gasteiger partial charge in [-0.05, 0) is 31.0 Å². The van der Waals surface area contributed by atoms with Gasteiger partial charge in [0, 0.05) is 18.8 Å². The summed E-state index contributed by atoms with van der Waals surface area (Å²) in [5.74, 6) is -0.00534. The van der Waals surface area contributed by atoms with Crippen LogP contribution in [0.4, 0.5) is 24.7 Å². The first-order valence-electron chi connectivity index (χ1n) is 8.79. The molecule has 7 nitrogen and oxygen atoms in total. The highest BCUT2D eigenvalue weighted by atomic mass is 19.4. The number of carbonyl (C=O) groups is 1. The molecule has 0 bridgehead atoms. The third kappa shape index (κ3) is 3.62. The number of hydrogen-bond acceptors (Lipinski definition) is 5. The summed E-state index contributed by atoms with van der Waals surface area (Å²) in [6.45, 7) is 1.13. The molecular weight excluding hydrogens is 373 g/mol. The highest BCUT2D eigenvalue weighted by Crippen LogP contribution is 2.31. The van der Waals surface area contributed by atoms with Crippen LogP contribution in [-0.2, 0) is 11.0 Å². The highest BCUT2D eigenvalue weighted by molar-refractivity contribution is 5.93. The lowest BCUT2D eigenvalue weighted by molar-refractivity contribution is -0.137. The minimum atomic E-state index is -4.45. The van der Waals surface area contributed by atoms with Gasteiger partial charge in [0.1, 0.15) is 11.8 Å². The number of alkyl halides is 3. The van der Waals surface area contributed by atoms with Crippen molar-refractivity contribution in [2.75, 3.05) is 23.3 Å². The van der Waals surface area contributed by atoms with Gasteiger partial charge < -0.3 is 15.2 Å². The molecule has 1 aromatic carbocycles. The molecule has 2 N–H and O–H groups in total. The molecule has 3 heterocycles. The molecule has 4 rings (SSSR count). The summed E-state index contributed by atoms with van der Waals surface area (Å²) >= 11 is 0. The van der Waals surface area contributed by atoms with Gasteiger partial charge in [0.15, 0.2) is 11.5 Å². The minimum absolute atomic E-state index is 0.134. The maximum atomic E-state index is 12.9. The van der Waals surface area contributed by atoms with E-state index in [0.717, 1.165) is 25.1 Å². The Labute approximate surface area is 158 Å². The van der Waals surface area contributed by atoms with Crippen LogP contribution in [0.25, 0.3) is 11.2 Å². The van der Waals surface area contributed by atoms with Crippen molar-refractivity contribution in [1.29, 1.82) is 0 Å². The van der Waals surface area contributed by atoms with E-state index in [4.69, 9.17) is 0 Å². The number of piperidine rings is 1. The molecule has 1 amide bonds. The number of amides is 1. The van der Waals surface area contributed by atoms with Gasteiger partial charge in [0.05, 0.1) is 17.8 Å². The fourth-order valence-electron chi connectivity index (χ4n) is 3.39. The molecule has 0 saturated carbocycles. The van der Waals surface area contributed by atoms with Gasteiger partial charge in [-0.2, -0.15) is 13.2 Å². The summed E-state index contributed by atoms with van der Waals surface area (Å²) in [7, 11) is 0. The fourth-order valence-corrected chi connectivity index (χ4v) is 3.39. The summed E-state index contributed by atoms with van der Waals surface area (Å²) in [6.07, 6.45) is -0.0842. The number of nitrogens with one attached hydrogen (secondary N) is 2. The molecule has 28 heavy (non-hydrogen) atoms. The van der Waals surface area contributed by atoms with Crippen molar-refractivity contribution in [3.63, 3.8) is 0 Å². The van der Waals surface area contributed by atoms with Crippen molar-refractivity contribution < 1.29 is 18.0 Å². The topological polar surface area (TPSA) is 86.8 Å². The van der Waals surface area contributed by atoms with Gasteiger partial charge in [-0.3, -0.25) is 4.79 Å². The SMILES string of the molecule is O=C(Nc1cccc(C(F)(F)F)c1)[C@H]1CCCN(c2ncnc3nc[nH]c23)C1. The Balaban J connectivity index is 1.49. The number of halogens is 3. The standard InChI is InChI=1S/C18H17F3N6O/c19-18(20,21)12-4-1-5-13(7-12)26-17(28)11-3-2-6-27(8-11)16-14-15(23-9-22-14)24-10-25-16/h1,4-5,7,9-11H,2-3,6,8H2,(H,26,28)(H,22,23,24,25)/t11-/m0/s1. The lowest BCUT2D eigenvalue weighted by Crippen LogP contribution is -2.41. The predicted octanol–water partition coefficient (Wildman–Crippen LogP) is 3.23. The van der Waals surface area contributed by atoms with E-state index in [-0.39, 0.29) is 17.5 Å². The Morgan fingerprint density at radius 2 is 2.11 bits per heavy atom. The second kappa shape index (κ2) is 7.10. The number of nitrogens with zero attached hydrogens (tertiary/aromatic N) is 4. The number of H-pyrrole nitrogens is 1. The molecular formula is C18H17F3N6O. The van der Waals surface area contributed by atoms with Crippen molar-refractivity contribution in [1.82, 2.24) is 19.9 Å². The molecule has 2 aromatic heterocycles. The smallest absolute Gasteiger partial charge is 0.354 e. The summed E-state index contributed by atoms with van der Waals surface area (Å²) in [4.78, 5) is 30.1. The van der Waals surface area contributed by atoms with E-state index in [1.54, 1.807) is 0 Å². The normalized spacial score (nSPS) is 17.7. The first kappa shape index (κ1) is 18.2. The zero-order valence-corrected chi connectivity index (χ0v) is 14.7. The van der Waals surface area contributed by atoms with Gasteiger partial charge in [0.25, 0.3) is 0 Å². The quantitative estimate of drug-likeness (QED) is 0.717. The monoisotopic (exact) mass is 390 g/mol. The average molecular weight is 390 g/mol. The van der Waals surface area contributed by atoms with E-state index in [1.165, 1.54) is 24.8 Å². The van der Waals surface area contributed by atoms with Crippen LogP contribution in [0.5, 0.6) is 0 Å². The van der Waals surface area contributed by atoms with Crippen LogP contribution in [-0.4, -0.2) is 38.9 Å². The number of hydrogen-bond donors (Lipinski definition) is 2. The molecule has 1 aliphatic heterocycles. The molecule has 0 radical (unpaired) electrons. The van der Waals surface area contributed by atoms with Crippen molar-refractivity contribution in [3.8, 4) is 0 Å². The molecule has 3 aromatic rings. The number of aromatic nitrogens is 4. The largest absolute Gasteiger partial charge is 0.416 e. The maximum absolute atomic E-state index is 12.9. The number of aromatic amines is 1. The van der Waals surface area contributed by atoms with Crippen molar-refractivity contribution >= 4 is 28.6 Å². The Bertz CT molecular complexity index is 1000. The van der Waals surface area contributed by atoms with E-state index in [9.17, 15) is 18.0 Å². The first-order valence-corrected chi connectivity index (χ1v) is 8.79. The highest BCUT2D eigenvalue weighted by Gasteiger charge is 2.31. The zero-order valence-electron chi connectivity index (χ0n) is 14.7. The molecule has 0 spiro atoms. The summed E-state index contributed by atoms with van der Waals surface area (Å²) in [5.41, 5.74) is 0.579. The molecule has 1 aliphatic rings. The number of carbonyl (C=O) groups excluding carboxylic acids is 1. The van der Waals surface area contributed by atoms with Crippen LogP contribution in [0.2, 0.25) is 0 Å². The van der Waals surface area contributed by atoms with Crippen molar-refractivity contribution in [3.05, 3.63) is 42.5 Å². The van der Waals surface area contributed by atoms with Crippen LogP contribution >= 0.6 is 0 Å².